The van der Waals surface area contributed by atoms with Gasteiger partial charge in [0, 0.05) is 40.1 Å². The molecule has 0 aliphatic carbocycles. The summed E-state index contributed by atoms with van der Waals surface area (Å²) in [7, 11) is -8.38. The Morgan fingerprint density at radius 1 is 0.557 bits per heavy atom. The van der Waals surface area contributed by atoms with Gasteiger partial charge in [0.1, 0.15) is 27.0 Å². The molecule has 0 atom stereocenters. The SMILES string of the molecule is CC(=O)Nc1cccc(Oc2ccc(NC(=O)Cc3ccccc3Cl)cc2S(N)(=O)=O)c1.NS(=O)(=O)c1cc(NC(=O)Cc2ccccc2Cl)ccc1Oc1ccccc1F. The van der Waals surface area contributed by atoms with Gasteiger partial charge in [-0.2, -0.15) is 0 Å². The number of carbonyl (C=O) groups excluding carboxylic acids is 3. The van der Waals surface area contributed by atoms with Crippen molar-refractivity contribution in [3.8, 4) is 23.0 Å². The molecule has 6 aromatic rings. The van der Waals surface area contributed by atoms with Crippen molar-refractivity contribution in [3.05, 3.63) is 160 Å². The summed E-state index contributed by atoms with van der Waals surface area (Å²) in [5.74, 6) is -1.77. The van der Waals surface area contributed by atoms with Crippen molar-refractivity contribution >= 4 is 78.0 Å². The maximum absolute atomic E-state index is 13.8. The lowest BCUT2D eigenvalue weighted by atomic mass is 10.1. The molecule has 6 rings (SSSR count). The second-order valence-electron chi connectivity index (χ2n) is 12.9. The number of halogens is 3. The molecule has 7 N–H and O–H groups in total. The highest BCUT2D eigenvalue weighted by Gasteiger charge is 2.20. The average molecular weight is 909 g/mol. The molecule has 14 nitrogen and oxygen atoms in total. The summed E-state index contributed by atoms with van der Waals surface area (Å²) in [5, 5.41) is 19.3. The smallest absolute Gasteiger partial charge is 0.241 e. The van der Waals surface area contributed by atoms with Crippen LogP contribution in [-0.4, -0.2) is 34.6 Å². The van der Waals surface area contributed by atoms with Crippen LogP contribution in [0.3, 0.4) is 0 Å². The Morgan fingerprint density at radius 2 is 1.02 bits per heavy atom. The summed E-state index contributed by atoms with van der Waals surface area (Å²) < 4.78 is 73.1. The van der Waals surface area contributed by atoms with Crippen LogP contribution in [0.5, 0.6) is 23.0 Å². The van der Waals surface area contributed by atoms with Gasteiger partial charge in [0.05, 0.1) is 12.8 Å². The Labute approximate surface area is 360 Å². The number of hydrogen-bond acceptors (Lipinski definition) is 9. The standard InChI is InChI=1S/C22H20ClN3O5S.C20H16ClFN2O4S/c1-14(27)25-16-6-4-7-18(12-16)31-20-10-9-17(13-21(20)32(24,29)30)26-22(28)11-15-5-2-3-8-19(15)23;21-15-6-2-1-5-13(15)11-20(25)24-14-9-10-18(19(12-14)29(23,26)27)28-17-8-4-3-7-16(17)22/h2-10,12-13H,11H2,1H3,(H,25,27)(H,26,28)(H2,24,29,30);1-10,12H,11H2,(H,24,25)(H2,23,26,27). The van der Waals surface area contributed by atoms with E-state index in [1.807, 2.05) is 0 Å². The molecule has 0 bridgehead atoms. The second kappa shape index (κ2) is 20.3. The number of carbonyl (C=O) groups is 3. The molecule has 0 unspecified atom stereocenters. The van der Waals surface area contributed by atoms with Gasteiger partial charge in [-0.3, -0.25) is 14.4 Å². The van der Waals surface area contributed by atoms with Crippen molar-refractivity contribution < 1.29 is 45.1 Å². The van der Waals surface area contributed by atoms with Gasteiger partial charge in [-0.25, -0.2) is 31.5 Å². The second-order valence-corrected chi connectivity index (χ2v) is 16.8. The van der Waals surface area contributed by atoms with E-state index in [9.17, 15) is 35.6 Å². The Kier molecular flexibility index (Phi) is 15.2. The third-order valence-corrected chi connectivity index (χ3v) is 10.7. The number of para-hydroxylation sites is 1. The monoisotopic (exact) mass is 907 g/mol. The van der Waals surface area contributed by atoms with Gasteiger partial charge in [-0.05, 0) is 83.9 Å². The fraction of sp³-hybridized carbons (Fsp3) is 0.0714. The molecule has 0 aliphatic rings. The third-order valence-electron chi connectivity index (χ3n) is 8.12. The van der Waals surface area contributed by atoms with Crippen LogP contribution in [0.15, 0.2) is 143 Å². The molecule has 61 heavy (non-hydrogen) atoms. The van der Waals surface area contributed by atoms with Crippen molar-refractivity contribution in [2.24, 2.45) is 10.3 Å². The first-order chi connectivity index (χ1) is 28.8. The summed E-state index contributed by atoms with van der Waals surface area (Å²) in [6.07, 6.45) is 0.0104. The number of ether oxygens (including phenoxy) is 2. The van der Waals surface area contributed by atoms with Crippen LogP contribution in [0, 0.1) is 5.82 Å². The molecule has 19 heteroatoms. The van der Waals surface area contributed by atoms with Crippen LogP contribution in [0.4, 0.5) is 21.5 Å². The number of primary sulfonamides is 2. The molecule has 0 radical (unpaired) electrons. The highest BCUT2D eigenvalue weighted by Crippen LogP contribution is 2.33. The Bertz CT molecular complexity index is 2830. The van der Waals surface area contributed by atoms with Gasteiger partial charge in [-0.1, -0.05) is 77.8 Å². The predicted molar refractivity (Wildman–Crippen MR) is 230 cm³/mol. The summed E-state index contributed by atoms with van der Waals surface area (Å²) in [4.78, 5) is 35.2. The van der Waals surface area contributed by atoms with E-state index in [-0.39, 0.29) is 63.9 Å². The molecule has 0 heterocycles. The van der Waals surface area contributed by atoms with E-state index < -0.39 is 36.7 Å². The maximum Gasteiger partial charge on any atom is 0.241 e. The van der Waals surface area contributed by atoms with E-state index >= 15 is 0 Å². The van der Waals surface area contributed by atoms with Crippen molar-refractivity contribution in [2.45, 2.75) is 29.6 Å². The van der Waals surface area contributed by atoms with Gasteiger partial charge in [-0.15, -0.1) is 0 Å². The minimum Gasteiger partial charge on any atom is -0.456 e. The Hall–Kier alpha value is -6.34. The quantitative estimate of drug-likeness (QED) is 0.0755. The molecule has 0 fully saturated rings. The van der Waals surface area contributed by atoms with Gasteiger partial charge < -0.3 is 25.4 Å². The lowest BCUT2D eigenvalue weighted by molar-refractivity contribution is -0.116. The lowest BCUT2D eigenvalue weighted by Gasteiger charge is -2.13. The zero-order valence-corrected chi connectivity index (χ0v) is 35.0. The van der Waals surface area contributed by atoms with Crippen molar-refractivity contribution in [2.75, 3.05) is 16.0 Å². The number of nitrogens with two attached hydrogens (primary N) is 2. The van der Waals surface area contributed by atoms with Crippen molar-refractivity contribution in [1.82, 2.24) is 0 Å². The molecular weight excluding hydrogens is 873 g/mol. The Balaban J connectivity index is 0.000000232. The van der Waals surface area contributed by atoms with Crippen LogP contribution in [0.1, 0.15) is 18.1 Å². The fourth-order valence-electron chi connectivity index (χ4n) is 5.44. The number of benzene rings is 6. The molecule has 316 valence electrons. The molecule has 0 aromatic heterocycles. The summed E-state index contributed by atoms with van der Waals surface area (Å²) in [6.45, 7) is 1.37. The van der Waals surface area contributed by atoms with Crippen molar-refractivity contribution in [1.29, 1.82) is 0 Å². The number of amides is 3. The van der Waals surface area contributed by atoms with Gasteiger partial charge in [0.15, 0.2) is 11.6 Å². The summed E-state index contributed by atoms with van der Waals surface area (Å²) >= 11 is 12.1. The first kappa shape index (κ1) is 45.7. The van der Waals surface area contributed by atoms with Crippen LogP contribution in [0.2, 0.25) is 10.0 Å². The number of anilines is 3. The highest BCUT2D eigenvalue weighted by atomic mass is 35.5. The fourth-order valence-corrected chi connectivity index (χ4v) is 7.21. The average Bonchev–Trinajstić information content (AvgIpc) is 3.18. The van der Waals surface area contributed by atoms with Crippen LogP contribution < -0.4 is 35.7 Å². The van der Waals surface area contributed by atoms with Gasteiger partial charge >= 0.3 is 0 Å². The van der Waals surface area contributed by atoms with E-state index in [0.717, 1.165) is 6.07 Å². The molecule has 3 amide bonds. The van der Waals surface area contributed by atoms with E-state index in [0.29, 0.717) is 26.9 Å². The summed E-state index contributed by atoms with van der Waals surface area (Å²) in [6, 6.07) is 33.7. The summed E-state index contributed by atoms with van der Waals surface area (Å²) in [5.41, 5.74) is 2.16. The molecule has 0 aliphatic heterocycles. The third kappa shape index (κ3) is 13.6. The topological polar surface area (TPSA) is 226 Å². The van der Waals surface area contributed by atoms with Crippen LogP contribution >= 0.6 is 23.2 Å². The Morgan fingerprint density at radius 3 is 1.49 bits per heavy atom. The highest BCUT2D eigenvalue weighted by molar-refractivity contribution is 7.89. The minimum atomic E-state index is -4.21. The first-order valence-corrected chi connectivity index (χ1v) is 21.6. The minimum absolute atomic E-state index is 0.00212. The molecule has 0 saturated carbocycles. The normalized spacial score (nSPS) is 11.0. The number of nitrogens with one attached hydrogen (secondary N) is 3. The van der Waals surface area contributed by atoms with E-state index in [4.69, 9.17) is 43.0 Å². The zero-order chi connectivity index (χ0) is 44.3. The number of sulfonamides is 2. The van der Waals surface area contributed by atoms with E-state index in [1.165, 1.54) is 61.5 Å². The number of rotatable bonds is 13. The van der Waals surface area contributed by atoms with E-state index in [2.05, 4.69) is 16.0 Å². The van der Waals surface area contributed by atoms with Gasteiger partial charge in [0.2, 0.25) is 37.8 Å². The molecule has 0 spiro atoms. The largest absolute Gasteiger partial charge is 0.456 e. The van der Waals surface area contributed by atoms with Crippen LogP contribution in [0.25, 0.3) is 0 Å². The zero-order valence-electron chi connectivity index (χ0n) is 31.9. The maximum atomic E-state index is 13.8. The van der Waals surface area contributed by atoms with Crippen LogP contribution in [-0.2, 0) is 47.3 Å². The number of hydrogen-bond donors (Lipinski definition) is 5. The van der Waals surface area contributed by atoms with E-state index in [1.54, 1.807) is 72.8 Å². The van der Waals surface area contributed by atoms with Crippen molar-refractivity contribution in [3.63, 3.8) is 0 Å². The van der Waals surface area contributed by atoms with Gasteiger partial charge in [0.25, 0.3) is 0 Å². The first-order valence-electron chi connectivity index (χ1n) is 17.7. The molecule has 0 saturated heterocycles. The molecule has 6 aromatic carbocycles. The predicted octanol–water partition coefficient (Wildman–Crippen LogP) is 8.02. The lowest BCUT2D eigenvalue weighted by Crippen LogP contribution is -2.17. The molecular formula is C42H36Cl2FN5O9S2.